The van der Waals surface area contributed by atoms with Crippen LogP contribution in [0.3, 0.4) is 0 Å². The van der Waals surface area contributed by atoms with Crippen molar-refractivity contribution in [1.29, 1.82) is 0 Å². The summed E-state index contributed by atoms with van der Waals surface area (Å²) < 4.78 is 1.09. The average Bonchev–Trinajstić information content (AvgIpc) is 2.93. The molecule has 2 amide bonds. The molecule has 5 heteroatoms. The summed E-state index contributed by atoms with van der Waals surface area (Å²) in [5.41, 5.74) is 1.39. The van der Waals surface area contributed by atoms with E-state index in [1.54, 1.807) is 24.3 Å². The number of fused-ring (bicyclic) bond motifs is 1. The van der Waals surface area contributed by atoms with Gasteiger partial charge < -0.3 is 10.6 Å². The van der Waals surface area contributed by atoms with Gasteiger partial charge in [0.25, 0.3) is 5.91 Å². The molecule has 110 valence electrons. The first-order valence-corrected chi connectivity index (χ1v) is 7.61. The van der Waals surface area contributed by atoms with Crippen LogP contribution in [0.4, 0.5) is 11.4 Å². The number of anilines is 2. The average molecular weight is 310 g/mol. The maximum atomic E-state index is 12.3. The number of benzene rings is 2. The van der Waals surface area contributed by atoms with Crippen molar-refractivity contribution in [2.75, 3.05) is 10.6 Å². The van der Waals surface area contributed by atoms with Crippen LogP contribution in [0.1, 0.15) is 16.6 Å². The van der Waals surface area contributed by atoms with Crippen molar-refractivity contribution in [3.63, 3.8) is 0 Å². The SMILES string of the molecule is CC(=O)Nc1ccc(NC(=O)c2cc3ccccc3s2)cc1. The van der Waals surface area contributed by atoms with Gasteiger partial charge in [-0.15, -0.1) is 11.3 Å². The third-order valence-electron chi connectivity index (χ3n) is 3.11. The third-order valence-corrected chi connectivity index (χ3v) is 4.23. The number of hydrogen-bond acceptors (Lipinski definition) is 3. The maximum absolute atomic E-state index is 12.3. The van der Waals surface area contributed by atoms with Crippen LogP contribution in [-0.4, -0.2) is 11.8 Å². The summed E-state index contributed by atoms with van der Waals surface area (Å²) in [6.07, 6.45) is 0. The molecule has 1 aromatic heterocycles. The summed E-state index contributed by atoms with van der Waals surface area (Å²) in [5, 5.41) is 6.61. The molecule has 0 unspecified atom stereocenters. The molecule has 0 spiro atoms. The molecule has 22 heavy (non-hydrogen) atoms. The second kappa shape index (κ2) is 5.99. The first-order chi connectivity index (χ1) is 10.6. The molecule has 3 aromatic rings. The Labute approximate surface area is 131 Å². The molecule has 0 saturated carbocycles. The van der Waals surface area contributed by atoms with Gasteiger partial charge in [0.2, 0.25) is 5.91 Å². The zero-order valence-corrected chi connectivity index (χ0v) is 12.7. The Bertz CT molecular complexity index is 804. The fraction of sp³-hybridized carbons (Fsp3) is 0.0588. The van der Waals surface area contributed by atoms with Crippen molar-refractivity contribution in [2.24, 2.45) is 0 Å². The molecule has 0 atom stereocenters. The number of rotatable bonds is 3. The van der Waals surface area contributed by atoms with Gasteiger partial charge in [-0.3, -0.25) is 9.59 Å². The molecule has 0 radical (unpaired) electrons. The second-order valence-corrected chi connectivity index (χ2v) is 5.94. The predicted octanol–water partition coefficient (Wildman–Crippen LogP) is 4.11. The highest BCUT2D eigenvalue weighted by atomic mass is 32.1. The fourth-order valence-electron chi connectivity index (χ4n) is 2.13. The number of thiophene rings is 1. The third kappa shape index (κ3) is 3.15. The highest BCUT2D eigenvalue weighted by molar-refractivity contribution is 7.20. The van der Waals surface area contributed by atoms with Crippen LogP contribution in [0.5, 0.6) is 0 Å². The van der Waals surface area contributed by atoms with E-state index in [9.17, 15) is 9.59 Å². The van der Waals surface area contributed by atoms with Crippen molar-refractivity contribution in [3.05, 3.63) is 59.5 Å². The molecule has 2 N–H and O–H groups in total. The molecule has 1 heterocycles. The van der Waals surface area contributed by atoms with Crippen LogP contribution in [0.15, 0.2) is 54.6 Å². The van der Waals surface area contributed by atoms with Gasteiger partial charge in [-0.05, 0) is 41.8 Å². The first kappa shape index (κ1) is 14.3. The van der Waals surface area contributed by atoms with Crippen molar-refractivity contribution in [1.82, 2.24) is 0 Å². The molecule has 4 nitrogen and oxygen atoms in total. The Balaban J connectivity index is 1.74. The molecule has 0 aliphatic carbocycles. The lowest BCUT2D eigenvalue weighted by molar-refractivity contribution is -0.114. The summed E-state index contributed by atoms with van der Waals surface area (Å²) in [6, 6.07) is 16.8. The Morgan fingerprint density at radius 3 is 2.18 bits per heavy atom. The molecule has 0 fully saturated rings. The molecule has 0 bridgehead atoms. The molecule has 0 aliphatic rings. The van der Waals surface area contributed by atoms with Gasteiger partial charge in [0, 0.05) is 23.0 Å². The van der Waals surface area contributed by atoms with Crippen molar-refractivity contribution < 1.29 is 9.59 Å². The van der Waals surface area contributed by atoms with Crippen LogP contribution in [0.2, 0.25) is 0 Å². The topological polar surface area (TPSA) is 58.2 Å². The Morgan fingerprint density at radius 2 is 1.55 bits per heavy atom. The number of amides is 2. The van der Waals surface area contributed by atoms with Gasteiger partial charge in [-0.2, -0.15) is 0 Å². The monoisotopic (exact) mass is 310 g/mol. The lowest BCUT2D eigenvalue weighted by Gasteiger charge is -2.05. The summed E-state index contributed by atoms with van der Waals surface area (Å²) in [6.45, 7) is 1.46. The minimum absolute atomic E-state index is 0.123. The van der Waals surface area contributed by atoms with Gasteiger partial charge in [0.05, 0.1) is 4.88 Å². The molecule has 2 aromatic carbocycles. The van der Waals surface area contributed by atoms with E-state index >= 15 is 0 Å². The normalized spacial score (nSPS) is 10.4. The Morgan fingerprint density at radius 1 is 0.909 bits per heavy atom. The predicted molar refractivity (Wildman–Crippen MR) is 90.5 cm³/mol. The summed E-state index contributed by atoms with van der Waals surface area (Å²) >= 11 is 1.47. The van der Waals surface area contributed by atoms with E-state index in [4.69, 9.17) is 0 Å². The van der Waals surface area contributed by atoms with Crippen LogP contribution in [-0.2, 0) is 4.79 Å². The van der Waals surface area contributed by atoms with E-state index in [-0.39, 0.29) is 11.8 Å². The van der Waals surface area contributed by atoms with Crippen molar-refractivity contribution in [2.45, 2.75) is 6.92 Å². The largest absolute Gasteiger partial charge is 0.326 e. The van der Waals surface area contributed by atoms with Crippen molar-refractivity contribution >= 4 is 44.6 Å². The highest BCUT2D eigenvalue weighted by Crippen LogP contribution is 2.26. The molecule has 0 aliphatic heterocycles. The zero-order chi connectivity index (χ0) is 15.5. The van der Waals surface area contributed by atoms with Gasteiger partial charge in [0.1, 0.15) is 0 Å². The maximum Gasteiger partial charge on any atom is 0.265 e. The lowest BCUT2D eigenvalue weighted by atomic mass is 10.2. The Hall–Kier alpha value is -2.66. The number of carbonyl (C=O) groups is 2. The quantitative estimate of drug-likeness (QED) is 0.765. The van der Waals surface area contributed by atoms with Gasteiger partial charge in [0.15, 0.2) is 0 Å². The first-order valence-electron chi connectivity index (χ1n) is 6.79. The van der Waals surface area contributed by atoms with Gasteiger partial charge >= 0.3 is 0 Å². The fourth-order valence-corrected chi connectivity index (χ4v) is 3.08. The molecule has 3 rings (SSSR count). The number of nitrogens with one attached hydrogen (secondary N) is 2. The summed E-state index contributed by atoms with van der Waals surface area (Å²) in [4.78, 5) is 23.9. The standard InChI is InChI=1S/C17H14N2O2S/c1-11(20)18-13-6-8-14(9-7-13)19-17(21)16-10-12-4-2-3-5-15(12)22-16/h2-10H,1H3,(H,18,20)(H,19,21). The lowest BCUT2D eigenvalue weighted by Crippen LogP contribution is -2.10. The van der Waals surface area contributed by atoms with E-state index in [1.165, 1.54) is 18.3 Å². The summed E-state index contributed by atoms with van der Waals surface area (Å²) in [5.74, 6) is -0.254. The number of hydrogen-bond donors (Lipinski definition) is 2. The minimum atomic E-state index is -0.131. The van der Waals surface area contributed by atoms with Crippen LogP contribution >= 0.6 is 11.3 Å². The van der Waals surface area contributed by atoms with E-state index in [1.807, 2.05) is 30.3 Å². The van der Waals surface area contributed by atoms with Gasteiger partial charge in [-0.25, -0.2) is 0 Å². The van der Waals surface area contributed by atoms with E-state index in [2.05, 4.69) is 10.6 Å². The highest BCUT2D eigenvalue weighted by Gasteiger charge is 2.10. The number of carbonyl (C=O) groups excluding carboxylic acids is 2. The van der Waals surface area contributed by atoms with Crippen molar-refractivity contribution in [3.8, 4) is 0 Å². The van der Waals surface area contributed by atoms with E-state index < -0.39 is 0 Å². The second-order valence-electron chi connectivity index (χ2n) is 4.86. The summed E-state index contributed by atoms with van der Waals surface area (Å²) in [7, 11) is 0. The minimum Gasteiger partial charge on any atom is -0.326 e. The molecular formula is C17H14N2O2S. The van der Waals surface area contributed by atoms with Gasteiger partial charge in [-0.1, -0.05) is 18.2 Å². The van der Waals surface area contributed by atoms with Crippen LogP contribution < -0.4 is 10.6 Å². The Kier molecular flexibility index (Phi) is 3.89. The smallest absolute Gasteiger partial charge is 0.265 e. The van der Waals surface area contributed by atoms with E-state index in [0.717, 1.165) is 10.1 Å². The zero-order valence-electron chi connectivity index (χ0n) is 11.9. The molecular weight excluding hydrogens is 296 g/mol. The van der Waals surface area contributed by atoms with Crippen LogP contribution in [0.25, 0.3) is 10.1 Å². The van der Waals surface area contributed by atoms with E-state index in [0.29, 0.717) is 16.3 Å². The molecule has 0 saturated heterocycles. The van der Waals surface area contributed by atoms with Crippen LogP contribution in [0, 0.1) is 0 Å².